The lowest BCUT2D eigenvalue weighted by atomic mass is 9.86. The van der Waals surface area contributed by atoms with Gasteiger partial charge >= 0.3 is 0 Å². The van der Waals surface area contributed by atoms with Crippen molar-refractivity contribution in [1.29, 1.82) is 0 Å². The standard InChI is InChI=1S/C21H31NO2/c1-23-19-5-6-20(21(13-19)24-2)16-7-9-22(10-8-16)14-18-12-15-3-4-17(18)11-15/h5-6,13,15-18H,3-4,7-12,14H2,1-2H3/t15-,17-,18?/m0/s1. The first-order valence-electron chi connectivity index (χ1n) is 9.71. The van der Waals surface area contributed by atoms with Crippen LogP contribution in [-0.4, -0.2) is 38.8 Å². The van der Waals surface area contributed by atoms with E-state index in [9.17, 15) is 0 Å². The van der Waals surface area contributed by atoms with E-state index < -0.39 is 0 Å². The van der Waals surface area contributed by atoms with Crippen molar-refractivity contribution >= 4 is 0 Å². The second-order valence-electron chi connectivity index (χ2n) is 8.12. The van der Waals surface area contributed by atoms with E-state index in [2.05, 4.69) is 17.0 Å². The molecule has 4 rings (SSSR count). The average Bonchev–Trinajstić information content (AvgIpc) is 3.25. The molecule has 2 saturated carbocycles. The van der Waals surface area contributed by atoms with Gasteiger partial charge in [0.1, 0.15) is 11.5 Å². The number of nitrogens with zero attached hydrogens (tertiary/aromatic N) is 1. The lowest BCUT2D eigenvalue weighted by Gasteiger charge is -2.36. The van der Waals surface area contributed by atoms with Crippen LogP contribution in [0.3, 0.4) is 0 Å². The maximum absolute atomic E-state index is 5.62. The van der Waals surface area contributed by atoms with Crippen molar-refractivity contribution in [3.05, 3.63) is 23.8 Å². The highest BCUT2D eigenvalue weighted by Crippen LogP contribution is 2.48. The van der Waals surface area contributed by atoms with Crippen LogP contribution in [0, 0.1) is 17.8 Å². The molecule has 1 aromatic carbocycles. The van der Waals surface area contributed by atoms with Gasteiger partial charge in [-0.15, -0.1) is 0 Å². The number of rotatable bonds is 5. The molecule has 0 aromatic heterocycles. The van der Waals surface area contributed by atoms with Crippen LogP contribution in [-0.2, 0) is 0 Å². The first kappa shape index (κ1) is 16.3. The molecule has 0 N–H and O–H groups in total. The summed E-state index contributed by atoms with van der Waals surface area (Å²) >= 11 is 0. The van der Waals surface area contributed by atoms with E-state index in [4.69, 9.17) is 9.47 Å². The summed E-state index contributed by atoms with van der Waals surface area (Å²) in [7, 11) is 3.48. The number of piperidine rings is 1. The summed E-state index contributed by atoms with van der Waals surface area (Å²) in [5, 5.41) is 0. The fourth-order valence-corrected chi connectivity index (χ4v) is 5.51. The van der Waals surface area contributed by atoms with Gasteiger partial charge in [0, 0.05) is 12.6 Å². The fourth-order valence-electron chi connectivity index (χ4n) is 5.51. The van der Waals surface area contributed by atoms with E-state index in [1.165, 1.54) is 63.7 Å². The maximum atomic E-state index is 5.62. The van der Waals surface area contributed by atoms with Gasteiger partial charge < -0.3 is 14.4 Å². The van der Waals surface area contributed by atoms with E-state index in [1.807, 2.05) is 6.07 Å². The fraction of sp³-hybridized carbons (Fsp3) is 0.714. The van der Waals surface area contributed by atoms with Crippen LogP contribution < -0.4 is 9.47 Å². The van der Waals surface area contributed by atoms with Gasteiger partial charge in [-0.05, 0) is 80.5 Å². The molecule has 0 radical (unpaired) electrons. The second kappa shape index (κ2) is 6.95. The molecule has 3 nitrogen and oxygen atoms in total. The van der Waals surface area contributed by atoms with E-state index in [0.717, 1.165) is 29.3 Å². The Morgan fingerprint density at radius 3 is 2.46 bits per heavy atom. The molecule has 3 heteroatoms. The predicted molar refractivity (Wildman–Crippen MR) is 96.9 cm³/mol. The molecule has 24 heavy (non-hydrogen) atoms. The third-order valence-electron chi connectivity index (χ3n) is 6.85. The van der Waals surface area contributed by atoms with Crippen LogP contribution in [0.1, 0.15) is 50.0 Å². The molecule has 1 aromatic rings. The van der Waals surface area contributed by atoms with Gasteiger partial charge in [0.05, 0.1) is 14.2 Å². The van der Waals surface area contributed by atoms with Crippen molar-refractivity contribution in [2.75, 3.05) is 33.9 Å². The molecule has 1 heterocycles. The summed E-state index contributed by atoms with van der Waals surface area (Å²) in [6.07, 6.45) is 8.57. The smallest absolute Gasteiger partial charge is 0.126 e. The maximum Gasteiger partial charge on any atom is 0.126 e. The largest absolute Gasteiger partial charge is 0.497 e. The van der Waals surface area contributed by atoms with Crippen LogP contribution in [0.5, 0.6) is 11.5 Å². The molecule has 132 valence electrons. The topological polar surface area (TPSA) is 21.7 Å². The summed E-state index contributed by atoms with van der Waals surface area (Å²) in [5.74, 6) is 5.61. The Labute approximate surface area is 146 Å². The number of hydrogen-bond acceptors (Lipinski definition) is 3. The summed E-state index contributed by atoms with van der Waals surface area (Å²) in [5.41, 5.74) is 1.36. The van der Waals surface area contributed by atoms with Crippen molar-refractivity contribution in [3.8, 4) is 11.5 Å². The third kappa shape index (κ3) is 3.15. The molecule has 3 atom stereocenters. The van der Waals surface area contributed by atoms with Crippen LogP contribution in [0.25, 0.3) is 0 Å². The molecule has 3 fully saturated rings. The minimum atomic E-state index is 0.627. The highest BCUT2D eigenvalue weighted by molar-refractivity contribution is 5.43. The van der Waals surface area contributed by atoms with Gasteiger partial charge in [0.15, 0.2) is 0 Å². The van der Waals surface area contributed by atoms with Gasteiger partial charge in [-0.25, -0.2) is 0 Å². The number of methoxy groups -OCH3 is 2. The predicted octanol–water partition coefficient (Wildman–Crippen LogP) is 4.32. The van der Waals surface area contributed by atoms with Crippen molar-refractivity contribution in [2.24, 2.45) is 17.8 Å². The highest BCUT2D eigenvalue weighted by atomic mass is 16.5. The summed E-state index contributed by atoms with van der Waals surface area (Å²) in [6, 6.07) is 6.30. The van der Waals surface area contributed by atoms with Gasteiger partial charge in [0.25, 0.3) is 0 Å². The van der Waals surface area contributed by atoms with Crippen LogP contribution in [0.2, 0.25) is 0 Å². The van der Waals surface area contributed by atoms with Gasteiger partial charge in [-0.2, -0.15) is 0 Å². The number of fused-ring (bicyclic) bond motifs is 2. The van der Waals surface area contributed by atoms with Gasteiger partial charge in [-0.1, -0.05) is 12.5 Å². The lowest BCUT2D eigenvalue weighted by Crippen LogP contribution is -2.37. The molecule has 2 bridgehead atoms. The monoisotopic (exact) mass is 329 g/mol. The van der Waals surface area contributed by atoms with Crippen LogP contribution >= 0.6 is 0 Å². The highest BCUT2D eigenvalue weighted by Gasteiger charge is 2.40. The quantitative estimate of drug-likeness (QED) is 0.803. The Morgan fingerprint density at radius 1 is 1.00 bits per heavy atom. The van der Waals surface area contributed by atoms with Crippen molar-refractivity contribution in [1.82, 2.24) is 4.90 Å². The third-order valence-corrected chi connectivity index (χ3v) is 6.85. The molecule has 1 unspecified atom stereocenters. The van der Waals surface area contributed by atoms with Crippen molar-refractivity contribution < 1.29 is 9.47 Å². The molecule has 3 aliphatic rings. The Bertz CT molecular complexity index is 565. The molecule has 0 spiro atoms. The number of benzene rings is 1. The van der Waals surface area contributed by atoms with E-state index in [0.29, 0.717) is 5.92 Å². The summed E-state index contributed by atoms with van der Waals surface area (Å²) < 4.78 is 10.9. The number of hydrogen-bond donors (Lipinski definition) is 0. The Morgan fingerprint density at radius 2 is 1.83 bits per heavy atom. The molecule has 0 amide bonds. The Hall–Kier alpha value is -1.22. The molecule has 2 aliphatic carbocycles. The number of ether oxygens (including phenoxy) is 2. The van der Waals surface area contributed by atoms with E-state index in [1.54, 1.807) is 14.2 Å². The van der Waals surface area contributed by atoms with Crippen molar-refractivity contribution in [2.45, 2.75) is 44.4 Å². The normalized spacial score (nSPS) is 30.7. The number of likely N-dealkylation sites (tertiary alicyclic amines) is 1. The molecule has 1 aliphatic heterocycles. The average molecular weight is 329 g/mol. The SMILES string of the molecule is COc1ccc(C2CCN(CC3C[C@H]4CC[C@H]3C4)CC2)c(OC)c1. The molecular formula is C21H31NO2. The van der Waals surface area contributed by atoms with Crippen molar-refractivity contribution in [3.63, 3.8) is 0 Å². The zero-order valence-corrected chi connectivity index (χ0v) is 15.2. The van der Waals surface area contributed by atoms with Crippen LogP contribution in [0.4, 0.5) is 0 Å². The summed E-state index contributed by atoms with van der Waals surface area (Å²) in [4.78, 5) is 2.73. The second-order valence-corrected chi connectivity index (χ2v) is 8.12. The van der Waals surface area contributed by atoms with Gasteiger partial charge in [0.2, 0.25) is 0 Å². The van der Waals surface area contributed by atoms with Gasteiger partial charge in [-0.3, -0.25) is 0 Å². The molecule has 1 saturated heterocycles. The lowest BCUT2D eigenvalue weighted by molar-refractivity contribution is 0.155. The zero-order chi connectivity index (χ0) is 16.5. The Kier molecular flexibility index (Phi) is 4.71. The first-order chi connectivity index (χ1) is 11.8. The zero-order valence-electron chi connectivity index (χ0n) is 15.2. The van der Waals surface area contributed by atoms with Crippen LogP contribution in [0.15, 0.2) is 18.2 Å². The Balaban J connectivity index is 1.34. The van der Waals surface area contributed by atoms with E-state index in [-0.39, 0.29) is 0 Å². The molecular weight excluding hydrogens is 298 g/mol. The summed E-state index contributed by atoms with van der Waals surface area (Å²) in [6.45, 7) is 3.84. The van der Waals surface area contributed by atoms with E-state index >= 15 is 0 Å². The minimum Gasteiger partial charge on any atom is -0.497 e. The minimum absolute atomic E-state index is 0.627. The first-order valence-corrected chi connectivity index (χ1v) is 9.71.